The molecule has 3 aromatic carbocycles. The number of thiazole rings is 1. The zero-order chi connectivity index (χ0) is 18.9. The van der Waals surface area contributed by atoms with Crippen LogP contribution in [-0.2, 0) is 4.79 Å². The second kappa shape index (κ2) is 7.24. The van der Waals surface area contributed by atoms with E-state index in [4.69, 9.17) is 9.72 Å². The van der Waals surface area contributed by atoms with E-state index < -0.39 is 0 Å². The maximum Gasteiger partial charge on any atom is 0.261 e. The number of likely N-dealkylation sites (tertiary alicyclic amines) is 1. The molecular formula is C23H20N2O2S. The fourth-order valence-corrected chi connectivity index (χ4v) is 4.95. The fraction of sp³-hybridized carbons (Fsp3) is 0.217. The number of hydrogen-bond acceptors (Lipinski definition) is 4. The van der Waals surface area contributed by atoms with Gasteiger partial charge in [-0.3, -0.25) is 4.79 Å². The van der Waals surface area contributed by atoms with Crippen molar-refractivity contribution in [3.8, 4) is 5.75 Å². The van der Waals surface area contributed by atoms with Gasteiger partial charge in [0.05, 0.1) is 16.3 Å². The Balaban J connectivity index is 1.30. The van der Waals surface area contributed by atoms with Crippen LogP contribution in [0.5, 0.6) is 5.75 Å². The number of carbonyl (C=O) groups excluding carboxylic acids is 1. The molecule has 0 spiro atoms. The van der Waals surface area contributed by atoms with E-state index in [0.29, 0.717) is 0 Å². The molecule has 1 aliphatic rings. The predicted octanol–water partition coefficient (Wildman–Crippen LogP) is 5.19. The lowest BCUT2D eigenvalue weighted by Crippen LogP contribution is -2.34. The molecule has 0 saturated carbocycles. The summed E-state index contributed by atoms with van der Waals surface area (Å²) in [6, 6.07) is 22.3. The van der Waals surface area contributed by atoms with Gasteiger partial charge in [0.15, 0.2) is 6.61 Å². The van der Waals surface area contributed by atoms with E-state index in [2.05, 4.69) is 12.1 Å². The van der Waals surface area contributed by atoms with Gasteiger partial charge in [-0.25, -0.2) is 4.98 Å². The summed E-state index contributed by atoms with van der Waals surface area (Å²) in [6.07, 6.45) is 1.96. The minimum atomic E-state index is 0.0231. The molecule has 1 fully saturated rings. The van der Waals surface area contributed by atoms with Crippen LogP contribution in [0.25, 0.3) is 21.0 Å². The normalized spacial score (nSPS) is 16.7. The van der Waals surface area contributed by atoms with Gasteiger partial charge in [-0.1, -0.05) is 42.5 Å². The maximum atomic E-state index is 12.9. The summed E-state index contributed by atoms with van der Waals surface area (Å²) in [7, 11) is 0. The van der Waals surface area contributed by atoms with Gasteiger partial charge in [0, 0.05) is 6.54 Å². The maximum absolute atomic E-state index is 12.9. The zero-order valence-corrected chi connectivity index (χ0v) is 16.2. The fourth-order valence-electron chi connectivity index (χ4n) is 3.84. The van der Waals surface area contributed by atoms with Crippen LogP contribution in [-0.4, -0.2) is 28.9 Å². The van der Waals surface area contributed by atoms with E-state index in [1.54, 1.807) is 11.3 Å². The minimum absolute atomic E-state index is 0.0231. The molecule has 4 nitrogen and oxygen atoms in total. The number of hydrogen-bond donors (Lipinski definition) is 0. The van der Waals surface area contributed by atoms with E-state index in [0.717, 1.165) is 46.4 Å². The van der Waals surface area contributed by atoms with E-state index in [9.17, 15) is 4.79 Å². The Morgan fingerprint density at radius 1 is 1.07 bits per heavy atom. The lowest BCUT2D eigenvalue weighted by molar-refractivity contribution is -0.134. The molecular weight excluding hydrogens is 368 g/mol. The first-order valence-electron chi connectivity index (χ1n) is 9.54. The molecule has 1 atom stereocenters. The Bertz CT molecular complexity index is 1120. The SMILES string of the molecule is O=C(COc1ccc2ccccc2c1)N1CCC[C@@H]1c1nc2ccccc2s1. The summed E-state index contributed by atoms with van der Waals surface area (Å²) in [4.78, 5) is 19.6. The van der Waals surface area contributed by atoms with Crippen molar-refractivity contribution in [2.75, 3.05) is 13.2 Å². The van der Waals surface area contributed by atoms with E-state index >= 15 is 0 Å². The average molecular weight is 388 g/mol. The van der Waals surface area contributed by atoms with Crippen LogP contribution >= 0.6 is 11.3 Å². The molecule has 2 heterocycles. The predicted molar refractivity (Wildman–Crippen MR) is 113 cm³/mol. The van der Waals surface area contributed by atoms with Gasteiger partial charge in [-0.05, 0) is 47.9 Å². The topological polar surface area (TPSA) is 42.4 Å². The summed E-state index contributed by atoms with van der Waals surface area (Å²) >= 11 is 1.69. The number of fused-ring (bicyclic) bond motifs is 2. The third-order valence-electron chi connectivity index (χ3n) is 5.25. The molecule has 0 bridgehead atoms. The number of amides is 1. The van der Waals surface area contributed by atoms with Gasteiger partial charge in [0.2, 0.25) is 0 Å². The summed E-state index contributed by atoms with van der Waals surface area (Å²) in [6.45, 7) is 0.820. The number of aromatic nitrogens is 1. The number of benzene rings is 3. The number of rotatable bonds is 4. The molecule has 0 N–H and O–H groups in total. The number of para-hydroxylation sites is 1. The first kappa shape index (κ1) is 17.2. The summed E-state index contributed by atoms with van der Waals surface area (Å²) in [5, 5.41) is 3.30. The molecule has 5 rings (SSSR count). The molecule has 140 valence electrons. The summed E-state index contributed by atoms with van der Waals surface area (Å²) in [5.41, 5.74) is 1.01. The summed E-state index contributed by atoms with van der Waals surface area (Å²) in [5.74, 6) is 0.748. The molecule has 0 aliphatic carbocycles. The monoisotopic (exact) mass is 388 g/mol. The van der Waals surface area contributed by atoms with Gasteiger partial charge < -0.3 is 9.64 Å². The molecule has 4 aromatic rings. The van der Waals surface area contributed by atoms with Crippen LogP contribution < -0.4 is 4.74 Å². The quantitative estimate of drug-likeness (QED) is 0.483. The highest BCUT2D eigenvalue weighted by molar-refractivity contribution is 7.18. The largest absolute Gasteiger partial charge is 0.484 e. The Kier molecular flexibility index (Phi) is 4.45. The van der Waals surface area contributed by atoms with E-state index in [1.165, 1.54) is 4.70 Å². The highest BCUT2D eigenvalue weighted by Gasteiger charge is 2.32. The van der Waals surface area contributed by atoms with Crippen molar-refractivity contribution < 1.29 is 9.53 Å². The third kappa shape index (κ3) is 3.22. The Labute approximate surface area is 167 Å². The number of ether oxygens (including phenoxy) is 1. The van der Waals surface area contributed by atoms with E-state index in [1.807, 2.05) is 59.5 Å². The smallest absolute Gasteiger partial charge is 0.261 e. The van der Waals surface area contributed by atoms with Crippen LogP contribution in [0.1, 0.15) is 23.9 Å². The van der Waals surface area contributed by atoms with Crippen molar-refractivity contribution in [2.24, 2.45) is 0 Å². The minimum Gasteiger partial charge on any atom is -0.484 e. The van der Waals surface area contributed by atoms with Gasteiger partial charge in [0.1, 0.15) is 10.8 Å². The van der Waals surface area contributed by atoms with Crippen molar-refractivity contribution in [2.45, 2.75) is 18.9 Å². The van der Waals surface area contributed by atoms with Crippen molar-refractivity contribution in [3.05, 3.63) is 71.7 Å². The Morgan fingerprint density at radius 2 is 1.89 bits per heavy atom. The molecule has 1 saturated heterocycles. The number of nitrogens with zero attached hydrogens (tertiary/aromatic N) is 2. The molecule has 0 unspecified atom stereocenters. The van der Waals surface area contributed by atoms with Gasteiger partial charge in [0.25, 0.3) is 5.91 Å². The van der Waals surface area contributed by atoms with Crippen molar-refractivity contribution in [1.82, 2.24) is 9.88 Å². The molecule has 1 aliphatic heterocycles. The van der Waals surface area contributed by atoms with Crippen molar-refractivity contribution in [3.63, 3.8) is 0 Å². The lowest BCUT2D eigenvalue weighted by atomic mass is 10.1. The second-order valence-corrected chi connectivity index (χ2v) is 8.12. The summed E-state index contributed by atoms with van der Waals surface area (Å²) < 4.78 is 6.99. The number of carbonyl (C=O) groups is 1. The Morgan fingerprint density at radius 3 is 2.79 bits per heavy atom. The van der Waals surface area contributed by atoms with E-state index in [-0.39, 0.29) is 18.6 Å². The Hall–Kier alpha value is -2.92. The van der Waals surface area contributed by atoms with Crippen LogP contribution in [0.15, 0.2) is 66.7 Å². The zero-order valence-electron chi connectivity index (χ0n) is 15.4. The third-order valence-corrected chi connectivity index (χ3v) is 6.39. The molecule has 5 heteroatoms. The average Bonchev–Trinajstić information content (AvgIpc) is 3.38. The van der Waals surface area contributed by atoms with Crippen molar-refractivity contribution >= 4 is 38.2 Å². The molecule has 1 aromatic heterocycles. The molecule has 28 heavy (non-hydrogen) atoms. The van der Waals surface area contributed by atoms with Gasteiger partial charge >= 0.3 is 0 Å². The lowest BCUT2D eigenvalue weighted by Gasteiger charge is -2.23. The first-order chi connectivity index (χ1) is 13.8. The standard InChI is InChI=1S/C23H20N2O2S/c26-22(15-27-18-12-11-16-6-1-2-7-17(16)14-18)25-13-5-9-20(25)23-24-19-8-3-4-10-21(19)28-23/h1-4,6-8,10-12,14,20H,5,9,13,15H2/t20-/m1/s1. The van der Waals surface area contributed by atoms with Crippen LogP contribution in [0.4, 0.5) is 0 Å². The van der Waals surface area contributed by atoms with Crippen LogP contribution in [0.3, 0.4) is 0 Å². The first-order valence-corrected chi connectivity index (χ1v) is 10.4. The van der Waals surface area contributed by atoms with Crippen molar-refractivity contribution in [1.29, 1.82) is 0 Å². The van der Waals surface area contributed by atoms with Crippen LogP contribution in [0, 0.1) is 0 Å². The van der Waals surface area contributed by atoms with Gasteiger partial charge in [-0.2, -0.15) is 0 Å². The molecule has 1 amide bonds. The molecule has 0 radical (unpaired) electrons. The highest BCUT2D eigenvalue weighted by atomic mass is 32.1. The van der Waals surface area contributed by atoms with Gasteiger partial charge in [-0.15, -0.1) is 11.3 Å². The van der Waals surface area contributed by atoms with Crippen LogP contribution in [0.2, 0.25) is 0 Å². The second-order valence-electron chi connectivity index (χ2n) is 7.06. The highest BCUT2D eigenvalue weighted by Crippen LogP contribution is 2.36.